The molecule has 25 heavy (non-hydrogen) atoms. The number of ether oxygens (including phenoxy) is 1. The lowest BCUT2D eigenvalue weighted by atomic mass is 9.94. The van der Waals surface area contributed by atoms with Crippen LogP contribution in [-0.4, -0.2) is 58.0 Å². The zero-order valence-corrected chi connectivity index (χ0v) is 14.1. The maximum atomic E-state index is 13.0. The molecule has 1 aliphatic heterocycles. The SMILES string of the molecule is O=C(c1cc(-c2ccccc2)n[nH]1)N1CCOC[C@@H]1[C@H]1CCC[C@H]1O. The topological polar surface area (TPSA) is 78.5 Å². The predicted molar refractivity (Wildman–Crippen MR) is 93.0 cm³/mol. The number of nitrogens with zero attached hydrogens (tertiary/aromatic N) is 2. The Labute approximate surface area is 146 Å². The van der Waals surface area contributed by atoms with Crippen molar-refractivity contribution >= 4 is 5.91 Å². The van der Waals surface area contributed by atoms with Crippen LogP contribution in [-0.2, 0) is 4.74 Å². The second kappa shape index (κ2) is 6.98. The van der Waals surface area contributed by atoms with Crippen molar-refractivity contribution in [1.82, 2.24) is 15.1 Å². The fraction of sp³-hybridized carbons (Fsp3) is 0.474. The average molecular weight is 341 g/mol. The van der Waals surface area contributed by atoms with E-state index in [9.17, 15) is 9.90 Å². The molecule has 2 fully saturated rings. The van der Waals surface area contributed by atoms with Gasteiger partial charge in [0, 0.05) is 18.0 Å². The summed E-state index contributed by atoms with van der Waals surface area (Å²) in [5.74, 6) is 0.0304. The van der Waals surface area contributed by atoms with Gasteiger partial charge in [-0.15, -0.1) is 0 Å². The summed E-state index contributed by atoms with van der Waals surface area (Å²) in [6.07, 6.45) is 2.42. The molecule has 6 nitrogen and oxygen atoms in total. The summed E-state index contributed by atoms with van der Waals surface area (Å²) < 4.78 is 5.60. The number of H-pyrrole nitrogens is 1. The number of benzene rings is 1. The number of amides is 1. The molecule has 1 saturated carbocycles. The van der Waals surface area contributed by atoms with Gasteiger partial charge in [-0.05, 0) is 18.9 Å². The van der Waals surface area contributed by atoms with Gasteiger partial charge < -0.3 is 14.7 Å². The van der Waals surface area contributed by atoms with E-state index in [0.29, 0.717) is 25.5 Å². The molecule has 1 aromatic carbocycles. The average Bonchev–Trinajstić information content (AvgIpc) is 3.31. The Balaban J connectivity index is 1.55. The molecule has 2 heterocycles. The van der Waals surface area contributed by atoms with Crippen molar-refractivity contribution < 1.29 is 14.6 Å². The van der Waals surface area contributed by atoms with Crippen LogP contribution < -0.4 is 0 Å². The van der Waals surface area contributed by atoms with E-state index in [1.807, 2.05) is 35.2 Å². The van der Waals surface area contributed by atoms with Gasteiger partial charge in [0.1, 0.15) is 5.69 Å². The molecule has 1 saturated heterocycles. The molecule has 0 unspecified atom stereocenters. The zero-order chi connectivity index (χ0) is 17.2. The van der Waals surface area contributed by atoms with E-state index in [1.54, 1.807) is 6.07 Å². The molecule has 0 radical (unpaired) electrons. The normalized spacial score (nSPS) is 26.8. The Morgan fingerprint density at radius 1 is 1.28 bits per heavy atom. The molecule has 2 aromatic rings. The molecule has 1 aromatic heterocycles. The standard InChI is InChI=1S/C19H23N3O3/c23-18-8-4-7-14(18)17-12-25-10-9-22(17)19(24)16-11-15(20-21-16)13-5-2-1-3-6-13/h1-3,5-6,11,14,17-18,23H,4,7-10,12H2,(H,20,21)/t14-,17-,18-/m1/s1. The number of hydrogen-bond acceptors (Lipinski definition) is 4. The number of carbonyl (C=O) groups is 1. The van der Waals surface area contributed by atoms with Crippen molar-refractivity contribution in [2.75, 3.05) is 19.8 Å². The Kier molecular flexibility index (Phi) is 4.55. The molecule has 2 aliphatic rings. The Hall–Kier alpha value is -2.18. The van der Waals surface area contributed by atoms with Crippen LogP contribution in [0.1, 0.15) is 29.8 Å². The van der Waals surface area contributed by atoms with Gasteiger partial charge in [0.2, 0.25) is 0 Å². The molecule has 0 bridgehead atoms. The van der Waals surface area contributed by atoms with Crippen molar-refractivity contribution in [3.8, 4) is 11.3 Å². The summed E-state index contributed by atoms with van der Waals surface area (Å²) in [6.45, 7) is 1.57. The molecule has 132 valence electrons. The number of aliphatic hydroxyl groups is 1. The lowest BCUT2D eigenvalue weighted by Crippen LogP contribution is -2.53. The third-order valence-corrected chi connectivity index (χ3v) is 5.33. The molecule has 3 atom stereocenters. The van der Waals surface area contributed by atoms with E-state index in [0.717, 1.165) is 30.5 Å². The minimum absolute atomic E-state index is 0.0674. The highest BCUT2D eigenvalue weighted by atomic mass is 16.5. The van der Waals surface area contributed by atoms with Gasteiger partial charge in [0.05, 0.1) is 31.1 Å². The van der Waals surface area contributed by atoms with Crippen LogP contribution in [0.3, 0.4) is 0 Å². The summed E-state index contributed by atoms with van der Waals surface area (Å²) in [5.41, 5.74) is 2.22. The van der Waals surface area contributed by atoms with E-state index >= 15 is 0 Å². The van der Waals surface area contributed by atoms with Gasteiger partial charge in [0.15, 0.2) is 0 Å². The first-order chi connectivity index (χ1) is 12.2. The third kappa shape index (κ3) is 3.19. The smallest absolute Gasteiger partial charge is 0.272 e. The minimum atomic E-state index is -0.344. The quantitative estimate of drug-likeness (QED) is 0.896. The maximum absolute atomic E-state index is 13.0. The molecule has 1 amide bonds. The van der Waals surface area contributed by atoms with Gasteiger partial charge in [-0.3, -0.25) is 9.89 Å². The number of morpholine rings is 1. The van der Waals surface area contributed by atoms with Crippen LogP contribution in [0.5, 0.6) is 0 Å². The fourth-order valence-electron chi connectivity index (χ4n) is 3.99. The van der Waals surface area contributed by atoms with E-state index < -0.39 is 0 Å². The maximum Gasteiger partial charge on any atom is 0.272 e. The molecule has 0 spiro atoms. The molecule has 2 N–H and O–H groups in total. The number of aromatic amines is 1. The predicted octanol–water partition coefficient (Wildman–Crippen LogP) is 2.08. The van der Waals surface area contributed by atoms with Gasteiger partial charge in [-0.2, -0.15) is 5.10 Å². The first-order valence-electron chi connectivity index (χ1n) is 8.91. The fourth-order valence-corrected chi connectivity index (χ4v) is 3.99. The molecule has 6 heteroatoms. The van der Waals surface area contributed by atoms with Crippen LogP contribution in [0.2, 0.25) is 0 Å². The summed E-state index contributed by atoms with van der Waals surface area (Å²) in [5, 5.41) is 17.4. The Morgan fingerprint density at radius 2 is 2.12 bits per heavy atom. The number of carbonyl (C=O) groups excluding carboxylic acids is 1. The number of rotatable bonds is 3. The first-order valence-corrected chi connectivity index (χ1v) is 8.91. The molecule has 4 rings (SSSR count). The number of aromatic nitrogens is 2. The van der Waals surface area contributed by atoms with E-state index in [-0.39, 0.29) is 24.0 Å². The highest BCUT2D eigenvalue weighted by Gasteiger charge is 2.40. The minimum Gasteiger partial charge on any atom is -0.393 e. The van der Waals surface area contributed by atoms with Crippen molar-refractivity contribution in [3.05, 3.63) is 42.1 Å². The Bertz CT molecular complexity index is 731. The highest BCUT2D eigenvalue weighted by molar-refractivity contribution is 5.93. The van der Waals surface area contributed by atoms with Gasteiger partial charge in [-0.25, -0.2) is 0 Å². The molecule has 1 aliphatic carbocycles. The van der Waals surface area contributed by atoms with Gasteiger partial charge >= 0.3 is 0 Å². The van der Waals surface area contributed by atoms with Crippen molar-refractivity contribution in [1.29, 1.82) is 0 Å². The monoisotopic (exact) mass is 341 g/mol. The van der Waals surface area contributed by atoms with Crippen LogP contribution in [0.15, 0.2) is 36.4 Å². The van der Waals surface area contributed by atoms with Crippen LogP contribution >= 0.6 is 0 Å². The lowest BCUT2D eigenvalue weighted by Gasteiger charge is -2.39. The van der Waals surface area contributed by atoms with Crippen LogP contribution in [0, 0.1) is 5.92 Å². The molecular weight excluding hydrogens is 318 g/mol. The first kappa shape index (κ1) is 16.3. The van der Waals surface area contributed by atoms with Gasteiger partial charge in [-0.1, -0.05) is 36.8 Å². The summed E-state index contributed by atoms with van der Waals surface area (Å²) in [6, 6.07) is 11.5. The zero-order valence-electron chi connectivity index (χ0n) is 14.1. The van der Waals surface area contributed by atoms with E-state index in [1.165, 1.54) is 0 Å². The second-order valence-corrected chi connectivity index (χ2v) is 6.84. The van der Waals surface area contributed by atoms with Crippen molar-refractivity contribution in [2.45, 2.75) is 31.4 Å². The van der Waals surface area contributed by atoms with Gasteiger partial charge in [0.25, 0.3) is 5.91 Å². The van der Waals surface area contributed by atoms with Crippen molar-refractivity contribution in [3.63, 3.8) is 0 Å². The number of hydrogen-bond donors (Lipinski definition) is 2. The number of aliphatic hydroxyl groups excluding tert-OH is 1. The van der Waals surface area contributed by atoms with E-state index in [4.69, 9.17) is 4.74 Å². The Morgan fingerprint density at radius 3 is 2.88 bits per heavy atom. The van der Waals surface area contributed by atoms with Crippen molar-refractivity contribution in [2.24, 2.45) is 5.92 Å². The van der Waals surface area contributed by atoms with Crippen LogP contribution in [0.4, 0.5) is 0 Å². The summed E-state index contributed by atoms with van der Waals surface area (Å²) in [7, 11) is 0. The highest BCUT2D eigenvalue weighted by Crippen LogP contribution is 2.33. The third-order valence-electron chi connectivity index (χ3n) is 5.33. The molecular formula is C19H23N3O3. The largest absolute Gasteiger partial charge is 0.393 e. The number of nitrogens with one attached hydrogen (secondary N) is 1. The summed E-state index contributed by atoms with van der Waals surface area (Å²) in [4.78, 5) is 14.9. The summed E-state index contributed by atoms with van der Waals surface area (Å²) >= 11 is 0. The van der Waals surface area contributed by atoms with E-state index in [2.05, 4.69) is 10.2 Å². The second-order valence-electron chi connectivity index (χ2n) is 6.84. The van der Waals surface area contributed by atoms with Crippen LogP contribution in [0.25, 0.3) is 11.3 Å². The lowest BCUT2D eigenvalue weighted by molar-refractivity contribution is -0.0385.